The van der Waals surface area contributed by atoms with Crippen LogP contribution in [0.15, 0.2) is 42.5 Å². The van der Waals surface area contributed by atoms with E-state index in [1.54, 1.807) is 18.2 Å². The average Bonchev–Trinajstić information content (AvgIpc) is 2.88. The molecule has 0 atom stereocenters. The second-order valence-corrected chi connectivity index (χ2v) is 6.36. The number of carboxylic acids is 1. The summed E-state index contributed by atoms with van der Waals surface area (Å²) in [7, 11) is 0. The van der Waals surface area contributed by atoms with Crippen LogP contribution in [0, 0.1) is 0 Å². The van der Waals surface area contributed by atoms with Crippen molar-refractivity contribution < 1.29 is 14.7 Å². The van der Waals surface area contributed by atoms with Gasteiger partial charge in [0.1, 0.15) is 0 Å². The first-order chi connectivity index (χ1) is 12.0. The minimum atomic E-state index is -1.00. The molecule has 3 rings (SSSR count). The summed E-state index contributed by atoms with van der Waals surface area (Å²) in [6.07, 6.45) is 1.55. The van der Waals surface area contributed by atoms with Gasteiger partial charge in [-0.2, -0.15) is 0 Å². The molecule has 1 aromatic heterocycles. The lowest BCUT2D eigenvalue weighted by Crippen LogP contribution is -2.05. The van der Waals surface area contributed by atoms with Gasteiger partial charge in [-0.1, -0.05) is 43.1 Å². The maximum absolute atomic E-state index is 12.3. The number of aromatic nitrogens is 1. The Balaban J connectivity index is 2.48. The van der Waals surface area contributed by atoms with E-state index in [0.29, 0.717) is 22.5 Å². The lowest BCUT2D eigenvalue weighted by Gasteiger charge is -2.13. The van der Waals surface area contributed by atoms with Crippen LogP contribution in [-0.2, 0) is 6.42 Å². The molecule has 0 amide bonds. The first-order valence-electron chi connectivity index (χ1n) is 8.12. The van der Waals surface area contributed by atoms with E-state index >= 15 is 0 Å². The second kappa shape index (κ2) is 6.73. The van der Waals surface area contributed by atoms with E-state index in [-0.39, 0.29) is 11.3 Å². The number of hydrogen-bond acceptors (Lipinski definition) is 2. The molecule has 5 heteroatoms. The second-order valence-electron chi connectivity index (χ2n) is 5.95. The van der Waals surface area contributed by atoms with Gasteiger partial charge in [0.25, 0.3) is 0 Å². The number of nitrogens with zero attached hydrogens (tertiary/aromatic N) is 1. The quantitative estimate of drug-likeness (QED) is 0.645. The molecule has 128 valence electrons. The van der Waals surface area contributed by atoms with Crippen LogP contribution in [0.5, 0.6) is 0 Å². The molecule has 0 unspecified atom stereocenters. The van der Waals surface area contributed by atoms with Crippen LogP contribution in [0.3, 0.4) is 0 Å². The van der Waals surface area contributed by atoms with Crippen molar-refractivity contribution in [3.63, 3.8) is 0 Å². The molecular formula is C20H18ClNO3. The molecule has 0 fully saturated rings. The number of para-hydroxylation sites is 1. The van der Waals surface area contributed by atoms with Crippen molar-refractivity contribution in [1.29, 1.82) is 0 Å². The van der Waals surface area contributed by atoms with Gasteiger partial charge in [0.2, 0.25) is 0 Å². The molecule has 0 saturated carbocycles. The molecule has 1 N–H and O–H groups in total. The summed E-state index contributed by atoms with van der Waals surface area (Å²) in [6, 6.07) is 12.2. The summed E-state index contributed by atoms with van der Waals surface area (Å²) in [5.41, 5.74) is 3.10. The molecule has 4 nitrogen and oxygen atoms in total. The highest BCUT2D eigenvalue weighted by atomic mass is 35.5. The molecule has 0 spiro atoms. The number of carboxylic acid groups (broad SMARTS) is 1. The lowest BCUT2D eigenvalue weighted by atomic mass is 10.0. The molecular weight excluding hydrogens is 338 g/mol. The van der Waals surface area contributed by atoms with E-state index < -0.39 is 5.97 Å². The molecule has 0 aliphatic rings. The van der Waals surface area contributed by atoms with Gasteiger partial charge in [-0.3, -0.25) is 4.79 Å². The Morgan fingerprint density at radius 2 is 1.88 bits per heavy atom. The predicted molar refractivity (Wildman–Crippen MR) is 99.2 cm³/mol. The Morgan fingerprint density at radius 3 is 2.48 bits per heavy atom. The molecule has 0 aliphatic heterocycles. The third-order valence-electron chi connectivity index (χ3n) is 4.25. The SMILES string of the molecule is CCCc1c(C(C)=O)c2ccc(C(=O)O)cc2n1-c1ccccc1Cl. The van der Waals surface area contributed by atoms with Crippen molar-refractivity contribution in [1.82, 2.24) is 4.57 Å². The first-order valence-corrected chi connectivity index (χ1v) is 8.50. The van der Waals surface area contributed by atoms with E-state index in [4.69, 9.17) is 11.6 Å². The van der Waals surface area contributed by atoms with Gasteiger partial charge in [0.05, 0.1) is 21.8 Å². The molecule has 3 aromatic rings. The van der Waals surface area contributed by atoms with Crippen LogP contribution in [0.1, 0.15) is 46.7 Å². The number of carbonyl (C=O) groups is 2. The smallest absolute Gasteiger partial charge is 0.335 e. The summed E-state index contributed by atoms with van der Waals surface area (Å²) in [5.74, 6) is -1.04. The van der Waals surface area contributed by atoms with Crippen LogP contribution in [-0.4, -0.2) is 21.4 Å². The van der Waals surface area contributed by atoms with Gasteiger partial charge < -0.3 is 9.67 Å². The Hall–Kier alpha value is -2.59. The lowest BCUT2D eigenvalue weighted by molar-refractivity contribution is 0.0697. The summed E-state index contributed by atoms with van der Waals surface area (Å²) in [6.45, 7) is 3.58. The average molecular weight is 356 g/mol. The molecule has 25 heavy (non-hydrogen) atoms. The van der Waals surface area contributed by atoms with E-state index in [0.717, 1.165) is 23.2 Å². The maximum Gasteiger partial charge on any atom is 0.335 e. The largest absolute Gasteiger partial charge is 0.478 e. The Kier molecular flexibility index (Phi) is 4.64. The van der Waals surface area contributed by atoms with Gasteiger partial charge in [0, 0.05) is 16.6 Å². The summed E-state index contributed by atoms with van der Waals surface area (Å²) >= 11 is 6.40. The van der Waals surface area contributed by atoms with Crippen molar-refractivity contribution in [2.75, 3.05) is 0 Å². The van der Waals surface area contributed by atoms with E-state index in [1.807, 2.05) is 29.7 Å². The van der Waals surface area contributed by atoms with Gasteiger partial charge >= 0.3 is 5.97 Å². The van der Waals surface area contributed by atoms with Crippen molar-refractivity contribution >= 4 is 34.3 Å². The minimum absolute atomic E-state index is 0.0395. The number of Topliss-reactive ketones (excluding diaryl/α,β-unsaturated/α-hetero) is 1. The molecule has 0 radical (unpaired) electrons. The Morgan fingerprint density at radius 1 is 1.16 bits per heavy atom. The highest BCUT2D eigenvalue weighted by Crippen LogP contribution is 2.34. The van der Waals surface area contributed by atoms with Crippen molar-refractivity contribution in [2.24, 2.45) is 0 Å². The number of carbonyl (C=O) groups excluding carboxylic acids is 1. The third kappa shape index (κ3) is 2.94. The molecule has 2 aromatic carbocycles. The number of benzene rings is 2. The number of rotatable bonds is 5. The van der Waals surface area contributed by atoms with Crippen LogP contribution in [0.25, 0.3) is 16.6 Å². The normalized spacial score (nSPS) is 11.0. The third-order valence-corrected chi connectivity index (χ3v) is 4.57. The number of hydrogen-bond donors (Lipinski definition) is 1. The molecule has 0 saturated heterocycles. The van der Waals surface area contributed by atoms with Gasteiger partial charge in [-0.25, -0.2) is 4.79 Å². The molecule has 0 aliphatic carbocycles. The number of aromatic carboxylic acids is 1. The fourth-order valence-electron chi connectivity index (χ4n) is 3.25. The standard InChI is InChI=1S/C20H18ClNO3/c1-3-6-17-19(12(2)23)14-10-9-13(20(24)25)11-18(14)22(17)16-8-5-4-7-15(16)21/h4-5,7-11H,3,6H2,1-2H3,(H,24,25). The van der Waals surface area contributed by atoms with Crippen molar-refractivity contribution in [3.05, 3.63) is 64.3 Å². The highest BCUT2D eigenvalue weighted by molar-refractivity contribution is 6.32. The Labute approximate surface area is 150 Å². The summed E-state index contributed by atoms with van der Waals surface area (Å²) < 4.78 is 1.92. The first kappa shape index (κ1) is 17.2. The van der Waals surface area contributed by atoms with E-state index in [2.05, 4.69) is 0 Å². The van der Waals surface area contributed by atoms with E-state index in [9.17, 15) is 14.7 Å². The summed E-state index contributed by atoms with van der Waals surface area (Å²) in [5, 5.41) is 10.6. The Bertz CT molecular complexity index is 988. The van der Waals surface area contributed by atoms with Crippen molar-refractivity contribution in [2.45, 2.75) is 26.7 Å². The zero-order chi connectivity index (χ0) is 18.1. The topological polar surface area (TPSA) is 59.3 Å². The predicted octanol–water partition coefficient (Wildman–Crippen LogP) is 5.14. The minimum Gasteiger partial charge on any atom is -0.478 e. The fraction of sp³-hybridized carbons (Fsp3) is 0.200. The zero-order valence-corrected chi connectivity index (χ0v) is 14.8. The number of ketones is 1. The van der Waals surface area contributed by atoms with Gasteiger partial charge in [-0.15, -0.1) is 0 Å². The zero-order valence-electron chi connectivity index (χ0n) is 14.0. The van der Waals surface area contributed by atoms with Crippen LogP contribution in [0.4, 0.5) is 0 Å². The molecule has 1 heterocycles. The van der Waals surface area contributed by atoms with Gasteiger partial charge in [0.15, 0.2) is 5.78 Å². The number of halogens is 1. The summed E-state index contributed by atoms with van der Waals surface area (Å²) in [4.78, 5) is 23.7. The monoisotopic (exact) mass is 355 g/mol. The van der Waals surface area contributed by atoms with E-state index in [1.165, 1.54) is 13.0 Å². The maximum atomic E-state index is 12.3. The van der Waals surface area contributed by atoms with Crippen molar-refractivity contribution in [3.8, 4) is 5.69 Å². The highest BCUT2D eigenvalue weighted by Gasteiger charge is 2.22. The van der Waals surface area contributed by atoms with Crippen LogP contribution < -0.4 is 0 Å². The molecule has 0 bridgehead atoms. The van der Waals surface area contributed by atoms with Crippen LogP contribution >= 0.6 is 11.6 Å². The number of fused-ring (bicyclic) bond motifs is 1. The van der Waals surface area contributed by atoms with Crippen LogP contribution in [0.2, 0.25) is 5.02 Å². The van der Waals surface area contributed by atoms with Gasteiger partial charge in [-0.05, 0) is 37.6 Å². The fourth-order valence-corrected chi connectivity index (χ4v) is 3.47.